The number of aromatic amines is 1. The summed E-state index contributed by atoms with van der Waals surface area (Å²) in [6.45, 7) is 0.148. The smallest absolute Gasteiger partial charge is 0.330 e. The lowest BCUT2D eigenvalue weighted by atomic mass is 10.2. The molecule has 0 bridgehead atoms. The number of carbonyl (C=O) groups excluding carboxylic acids is 1. The van der Waals surface area contributed by atoms with Crippen LogP contribution >= 0.6 is 0 Å². The lowest BCUT2D eigenvalue weighted by Gasteiger charge is -2.19. The van der Waals surface area contributed by atoms with Crippen LogP contribution in [0.25, 0.3) is 5.65 Å². The van der Waals surface area contributed by atoms with Gasteiger partial charge in [-0.05, 0) is 11.6 Å². The van der Waals surface area contributed by atoms with Gasteiger partial charge in [0, 0.05) is 25.5 Å². The maximum absolute atomic E-state index is 12.9. The van der Waals surface area contributed by atoms with Gasteiger partial charge in [-0.25, -0.2) is 14.3 Å². The van der Waals surface area contributed by atoms with E-state index >= 15 is 0 Å². The molecule has 0 saturated heterocycles. The molecule has 1 amide bonds. The normalized spacial score (nSPS) is 10.9. The minimum atomic E-state index is -0.755. The van der Waals surface area contributed by atoms with E-state index in [9.17, 15) is 14.4 Å². The molecule has 0 aliphatic rings. The van der Waals surface area contributed by atoms with Crippen LogP contribution in [0, 0.1) is 0 Å². The number of H-pyrrole nitrogens is 1. The zero-order valence-corrected chi connectivity index (χ0v) is 15.4. The number of nitrogens with one attached hydrogen (secondary N) is 1. The number of aromatic nitrogens is 5. The first-order valence-electron chi connectivity index (χ1n) is 8.70. The van der Waals surface area contributed by atoms with Gasteiger partial charge in [-0.2, -0.15) is 5.10 Å². The molecule has 0 unspecified atom stereocenters. The van der Waals surface area contributed by atoms with Crippen molar-refractivity contribution in [3.05, 3.63) is 87.0 Å². The van der Waals surface area contributed by atoms with Crippen LogP contribution in [0.4, 0.5) is 11.5 Å². The number of benzene rings is 1. The Morgan fingerprint density at radius 1 is 1.21 bits per heavy atom. The summed E-state index contributed by atoms with van der Waals surface area (Å²) in [5.41, 5.74) is 5.99. The molecular weight excluding hydrogens is 374 g/mol. The van der Waals surface area contributed by atoms with Gasteiger partial charge in [-0.1, -0.05) is 30.3 Å². The van der Waals surface area contributed by atoms with Crippen LogP contribution < -0.4 is 21.9 Å². The Hall–Kier alpha value is -4.21. The Labute approximate surface area is 163 Å². The molecule has 1 aromatic carbocycles. The largest absolute Gasteiger partial charge is 0.383 e. The molecule has 4 aromatic rings. The van der Waals surface area contributed by atoms with E-state index in [1.54, 1.807) is 18.5 Å². The number of nitrogen functional groups attached to an aromatic ring is 1. The fraction of sp³-hybridized carbons (Fsp3) is 0.105. The summed E-state index contributed by atoms with van der Waals surface area (Å²) in [6, 6.07) is 12.4. The number of nitrogens with zero attached hydrogens (tertiary/aromatic N) is 5. The quantitative estimate of drug-likeness (QED) is 0.520. The first-order chi connectivity index (χ1) is 14.0. The third kappa shape index (κ3) is 3.27. The molecule has 3 aromatic heterocycles. The molecule has 0 saturated carbocycles. The fourth-order valence-electron chi connectivity index (χ4n) is 3.03. The van der Waals surface area contributed by atoms with Gasteiger partial charge in [0.1, 0.15) is 5.82 Å². The van der Waals surface area contributed by atoms with Gasteiger partial charge in [-0.3, -0.25) is 19.1 Å². The van der Waals surface area contributed by atoms with Crippen molar-refractivity contribution in [2.75, 3.05) is 17.7 Å². The monoisotopic (exact) mass is 391 g/mol. The molecule has 0 aliphatic heterocycles. The molecule has 146 valence electrons. The van der Waals surface area contributed by atoms with Gasteiger partial charge in [0.25, 0.3) is 11.5 Å². The molecular formula is C19H17N7O3. The van der Waals surface area contributed by atoms with Gasteiger partial charge < -0.3 is 10.6 Å². The number of hydrogen-bond donors (Lipinski definition) is 2. The van der Waals surface area contributed by atoms with Crippen molar-refractivity contribution in [3.8, 4) is 0 Å². The number of hydrogen-bond acceptors (Lipinski definition) is 6. The van der Waals surface area contributed by atoms with Crippen LogP contribution in [-0.2, 0) is 6.54 Å². The molecule has 0 radical (unpaired) electrons. The molecule has 10 nitrogen and oxygen atoms in total. The second kappa shape index (κ2) is 7.08. The van der Waals surface area contributed by atoms with E-state index in [1.165, 1.54) is 22.2 Å². The van der Waals surface area contributed by atoms with Gasteiger partial charge in [0.15, 0.2) is 17.0 Å². The highest BCUT2D eigenvalue weighted by Gasteiger charge is 2.24. The second-order valence-electron chi connectivity index (χ2n) is 6.38. The first kappa shape index (κ1) is 18.2. The molecule has 10 heteroatoms. The predicted molar refractivity (Wildman–Crippen MR) is 107 cm³/mol. The molecule has 0 fully saturated rings. The molecule has 3 heterocycles. The zero-order chi connectivity index (χ0) is 20.5. The molecule has 29 heavy (non-hydrogen) atoms. The van der Waals surface area contributed by atoms with Gasteiger partial charge >= 0.3 is 5.69 Å². The minimum absolute atomic E-state index is 0.0887. The van der Waals surface area contributed by atoms with E-state index < -0.39 is 17.2 Å². The van der Waals surface area contributed by atoms with Gasteiger partial charge in [-0.15, -0.1) is 0 Å². The van der Waals surface area contributed by atoms with E-state index in [0.29, 0.717) is 5.65 Å². The van der Waals surface area contributed by atoms with Crippen LogP contribution in [0.2, 0.25) is 0 Å². The summed E-state index contributed by atoms with van der Waals surface area (Å²) >= 11 is 0. The van der Waals surface area contributed by atoms with Crippen molar-refractivity contribution in [2.45, 2.75) is 6.54 Å². The summed E-state index contributed by atoms with van der Waals surface area (Å²) in [7, 11) is 1.40. The van der Waals surface area contributed by atoms with Crippen LogP contribution in [0.15, 0.2) is 64.4 Å². The molecule has 4 rings (SSSR count). The Kier molecular flexibility index (Phi) is 4.43. The van der Waals surface area contributed by atoms with E-state index in [4.69, 9.17) is 5.73 Å². The third-order valence-electron chi connectivity index (χ3n) is 4.49. The van der Waals surface area contributed by atoms with Gasteiger partial charge in [0.05, 0.1) is 6.54 Å². The highest BCUT2D eigenvalue weighted by molar-refractivity contribution is 6.06. The van der Waals surface area contributed by atoms with E-state index in [1.807, 2.05) is 30.3 Å². The number of rotatable bonds is 4. The summed E-state index contributed by atoms with van der Waals surface area (Å²) in [6.07, 6.45) is 3.23. The Morgan fingerprint density at radius 2 is 1.97 bits per heavy atom. The minimum Gasteiger partial charge on any atom is -0.383 e. The summed E-state index contributed by atoms with van der Waals surface area (Å²) in [5.74, 6) is -0.669. The van der Waals surface area contributed by atoms with Crippen molar-refractivity contribution >= 4 is 23.1 Å². The topological polar surface area (TPSA) is 131 Å². The molecule has 0 aliphatic carbocycles. The van der Waals surface area contributed by atoms with Crippen LogP contribution in [0.5, 0.6) is 0 Å². The van der Waals surface area contributed by atoms with Crippen molar-refractivity contribution in [3.63, 3.8) is 0 Å². The highest BCUT2D eigenvalue weighted by atomic mass is 16.2. The molecule has 0 atom stereocenters. The standard InChI is InChI=1S/C19H17N7O3/c1-24(18(28)13-10-14-21-8-5-9-26(14)23-13)15-16(20)25(19(29)22-17(15)27)11-12-6-3-2-4-7-12/h2-10H,11,20H2,1H3,(H,22,27,29). The number of fused-ring (bicyclic) bond motifs is 1. The maximum Gasteiger partial charge on any atom is 0.330 e. The summed E-state index contributed by atoms with van der Waals surface area (Å²) in [5, 5.41) is 4.17. The van der Waals surface area contributed by atoms with E-state index in [-0.39, 0.29) is 23.7 Å². The predicted octanol–water partition coefficient (Wildman–Crippen LogP) is 0.486. The van der Waals surface area contributed by atoms with Crippen LogP contribution in [0.1, 0.15) is 16.1 Å². The third-order valence-corrected chi connectivity index (χ3v) is 4.49. The van der Waals surface area contributed by atoms with Crippen LogP contribution in [0.3, 0.4) is 0 Å². The van der Waals surface area contributed by atoms with E-state index in [0.717, 1.165) is 10.5 Å². The molecule has 3 N–H and O–H groups in total. The molecule has 0 spiro atoms. The SMILES string of the molecule is CN(C(=O)c1cc2ncccn2n1)c1c(N)n(Cc2ccccc2)c(=O)[nH]c1=O. The zero-order valence-electron chi connectivity index (χ0n) is 15.4. The lowest BCUT2D eigenvalue weighted by molar-refractivity contribution is 0.0987. The summed E-state index contributed by atoms with van der Waals surface area (Å²) < 4.78 is 2.66. The maximum atomic E-state index is 12.9. The highest BCUT2D eigenvalue weighted by Crippen LogP contribution is 2.18. The second-order valence-corrected chi connectivity index (χ2v) is 6.38. The van der Waals surface area contributed by atoms with Crippen LogP contribution in [-0.4, -0.2) is 37.1 Å². The Morgan fingerprint density at radius 3 is 2.69 bits per heavy atom. The average molecular weight is 391 g/mol. The van der Waals surface area contributed by atoms with E-state index in [2.05, 4.69) is 15.1 Å². The van der Waals surface area contributed by atoms with Gasteiger partial charge in [0.2, 0.25) is 0 Å². The van der Waals surface area contributed by atoms with Crippen molar-refractivity contribution < 1.29 is 4.79 Å². The number of amides is 1. The number of anilines is 2. The van der Waals surface area contributed by atoms with Crippen molar-refractivity contribution in [1.82, 2.24) is 24.1 Å². The number of carbonyl (C=O) groups is 1. The average Bonchev–Trinajstić information content (AvgIpc) is 3.15. The van der Waals surface area contributed by atoms with Crippen molar-refractivity contribution in [1.29, 1.82) is 0 Å². The Bertz CT molecular complexity index is 1290. The first-order valence-corrected chi connectivity index (χ1v) is 8.70. The number of nitrogens with two attached hydrogens (primary N) is 1. The lowest BCUT2D eigenvalue weighted by Crippen LogP contribution is -2.39. The van der Waals surface area contributed by atoms with Crippen molar-refractivity contribution in [2.24, 2.45) is 0 Å². The fourth-order valence-corrected chi connectivity index (χ4v) is 3.03. The summed E-state index contributed by atoms with van der Waals surface area (Å²) in [4.78, 5) is 45.1. The Balaban J connectivity index is 1.75.